The Labute approximate surface area is 628 Å². The molecule has 0 N–H and O–H groups in total. The fourth-order valence-electron chi connectivity index (χ4n) is 18.1. The van der Waals surface area contributed by atoms with Crippen LogP contribution in [-0.4, -0.2) is 0 Å². The van der Waals surface area contributed by atoms with E-state index in [1.165, 1.54) is 436 Å². The lowest BCUT2D eigenvalue weighted by molar-refractivity contribution is 0.561. The van der Waals surface area contributed by atoms with Crippen molar-refractivity contribution in [3.05, 3.63) is 171 Å². The zero-order valence-corrected chi connectivity index (χ0v) is 66.7. The molecule has 0 aromatic heterocycles. The van der Waals surface area contributed by atoms with Crippen molar-refractivity contribution in [3.8, 4) is 55.6 Å². The average molecular weight is 1370 g/mol. The molecule has 0 atom stereocenters. The van der Waals surface area contributed by atoms with Crippen LogP contribution in [0.4, 0.5) is 0 Å². The Morgan fingerprint density at radius 1 is 0.157 bits per heavy atom. The van der Waals surface area contributed by atoms with Gasteiger partial charge < -0.3 is 0 Å². The van der Waals surface area contributed by atoms with Crippen LogP contribution in [0.1, 0.15) is 422 Å². The Bertz CT molecular complexity index is 3200. The molecular formula is C102H146. The number of hydrogen-bond donors (Lipinski definition) is 0. The van der Waals surface area contributed by atoms with Gasteiger partial charge in [-0.1, -0.05) is 425 Å². The Kier molecular flexibility index (Phi) is 37.3. The van der Waals surface area contributed by atoms with Crippen molar-refractivity contribution in [2.24, 2.45) is 0 Å². The number of rotatable bonds is 56. The quantitative estimate of drug-likeness (QED) is 0.0333. The highest BCUT2D eigenvalue weighted by Gasteiger charge is 2.31. The van der Waals surface area contributed by atoms with Gasteiger partial charge in [0.2, 0.25) is 0 Å². The second kappa shape index (κ2) is 47.2. The summed E-state index contributed by atoms with van der Waals surface area (Å²) >= 11 is 0. The summed E-state index contributed by atoms with van der Waals surface area (Å²) in [6.45, 7) is 14.1. The van der Waals surface area contributed by atoms with Crippen LogP contribution in [0.5, 0.6) is 0 Å². The average Bonchev–Trinajstić information content (AvgIpc) is 1.59. The third kappa shape index (κ3) is 24.3. The molecule has 6 aromatic carbocycles. The zero-order chi connectivity index (χ0) is 71.0. The van der Waals surface area contributed by atoms with Crippen LogP contribution in [0.25, 0.3) is 72.4 Å². The molecule has 554 valence electrons. The first kappa shape index (κ1) is 80.6. The van der Waals surface area contributed by atoms with Crippen LogP contribution in [0.15, 0.2) is 138 Å². The molecule has 102 heavy (non-hydrogen) atoms. The minimum atomic E-state index is 1.20. The summed E-state index contributed by atoms with van der Waals surface area (Å²) in [7, 11) is 0. The van der Waals surface area contributed by atoms with Crippen molar-refractivity contribution < 1.29 is 0 Å². The van der Waals surface area contributed by atoms with Crippen molar-refractivity contribution in [2.45, 2.75) is 388 Å². The van der Waals surface area contributed by atoms with Crippen LogP contribution in [-0.2, 0) is 0 Å². The lowest BCUT2D eigenvalue weighted by Gasteiger charge is -2.17. The number of unbranched alkanes of at least 4 members (excludes halogenated alkanes) is 42. The SMILES string of the molecule is CCCCCCCCCCC(CCCCCCCCCC)=C1c2ccccc2-c2ccc(-c3ccc4c(c3)C(=C(CCCCCCCCCC)CCCCCCCCCC)c3cc(-c5ccc6c(c5)C(=C(CCCCCCCCCC)CCCCCCCCCC)c5ccccc5-6)ccc3-4)cc21. The summed E-state index contributed by atoms with van der Waals surface area (Å²) in [5.74, 6) is 0. The molecule has 0 nitrogen and oxygen atoms in total. The molecule has 0 heteroatoms. The number of benzene rings is 6. The van der Waals surface area contributed by atoms with Gasteiger partial charge in [-0.15, -0.1) is 0 Å². The van der Waals surface area contributed by atoms with E-state index >= 15 is 0 Å². The normalized spacial score (nSPS) is 12.5. The Morgan fingerprint density at radius 3 is 0.510 bits per heavy atom. The van der Waals surface area contributed by atoms with Gasteiger partial charge in [0.15, 0.2) is 0 Å². The second-order valence-corrected chi connectivity index (χ2v) is 32.4. The molecule has 0 heterocycles. The highest BCUT2D eigenvalue weighted by molar-refractivity contribution is 6.07. The highest BCUT2D eigenvalue weighted by atomic mass is 14.3. The molecule has 6 aromatic rings. The number of allylic oxidation sites excluding steroid dienone is 3. The summed E-state index contributed by atoms with van der Waals surface area (Å²) in [5, 5.41) is 0. The molecular weight excluding hydrogens is 1230 g/mol. The molecule has 0 bridgehead atoms. The van der Waals surface area contributed by atoms with E-state index in [9.17, 15) is 0 Å². The Morgan fingerprint density at radius 2 is 0.314 bits per heavy atom. The van der Waals surface area contributed by atoms with E-state index in [1.807, 2.05) is 0 Å². The molecule has 0 saturated carbocycles. The zero-order valence-electron chi connectivity index (χ0n) is 66.7. The minimum absolute atomic E-state index is 1.20. The molecule has 0 spiro atoms. The van der Waals surface area contributed by atoms with Gasteiger partial charge >= 0.3 is 0 Å². The largest absolute Gasteiger partial charge is 0.0654 e. The van der Waals surface area contributed by atoms with E-state index in [4.69, 9.17) is 0 Å². The van der Waals surface area contributed by atoms with Crippen LogP contribution in [0.3, 0.4) is 0 Å². The van der Waals surface area contributed by atoms with Crippen LogP contribution >= 0.6 is 0 Å². The van der Waals surface area contributed by atoms with Gasteiger partial charge in [-0.2, -0.15) is 0 Å². The summed E-state index contributed by atoms with van der Waals surface area (Å²) in [5.41, 5.74) is 32.9. The lowest BCUT2D eigenvalue weighted by Crippen LogP contribution is -1.96. The van der Waals surface area contributed by atoms with E-state index < -0.39 is 0 Å². The molecule has 0 amide bonds. The smallest absolute Gasteiger partial charge is 0.00932 e. The molecule has 3 aliphatic carbocycles. The van der Waals surface area contributed by atoms with E-state index in [0.717, 1.165) is 0 Å². The van der Waals surface area contributed by atoms with Crippen molar-refractivity contribution >= 4 is 16.7 Å². The van der Waals surface area contributed by atoms with Crippen LogP contribution in [0, 0.1) is 0 Å². The first-order chi connectivity index (χ1) is 50.5. The highest BCUT2D eigenvalue weighted by Crippen LogP contribution is 2.54. The Balaban J connectivity index is 1.10. The van der Waals surface area contributed by atoms with E-state index in [-0.39, 0.29) is 0 Å². The lowest BCUT2D eigenvalue weighted by atomic mass is 9.87. The summed E-state index contributed by atoms with van der Waals surface area (Å²) in [6, 6.07) is 49.9. The first-order valence-electron chi connectivity index (χ1n) is 44.5. The maximum atomic E-state index is 2.69. The molecule has 0 radical (unpaired) electrons. The van der Waals surface area contributed by atoms with Gasteiger partial charge in [-0.05, 0) is 207 Å². The monoisotopic (exact) mass is 1370 g/mol. The third-order valence-corrected chi connectivity index (χ3v) is 24.1. The molecule has 9 rings (SSSR count). The standard InChI is InChI=1S/C102H146/c1-7-13-19-25-31-37-43-49-59-81(60-50-44-38-32-26-20-14-8-2)100-94-67-57-55-65-88(94)90-73-69-84(77-96(90)100)86-71-75-92-93-76-72-87(80-99(93)102(98(92)79-86)83(63-53-47-41-35-29-23-17-11-5)64-54-48-42-36-30-24-18-12-6)85-70-74-91-89-66-56-58-68-95(89)101(97(91)78-85)82(61-51-45-39-33-27-21-15-9-3)62-52-46-40-34-28-22-16-10-4/h55-58,65-80H,7-54,59-64H2,1-6H3. The summed E-state index contributed by atoms with van der Waals surface area (Å²) in [4.78, 5) is 0. The van der Waals surface area contributed by atoms with E-state index in [2.05, 4.69) is 163 Å². The molecule has 3 aliphatic rings. The van der Waals surface area contributed by atoms with Crippen molar-refractivity contribution in [1.82, 2.24) is 0 Å². The van der Waals surface area contributed by atoms with Gasteiger partial charge in [0, 0.05) is 0 Å². The van der Waals surface area contributed by atoms with Crippen LogP contribution < -0.4 is 0 Å². The number of hydrogen-bond acceptors (Lipinski definition) is 0. The van der Waals surface area contributed by atoms with Gasteiger partial charge in [0.25, 0.3) is 0 Å². The maximum Gasteiger partial charge on any atom is -0.00932 e. The fraction of sp³-hybridized carbons (Fsp3) is 0.588. The Hall–Kier alpha value is -5.46. The minimum Gasteiger partial charge on any atom is -0.0654 e. The second-order valence-electron chi connectivity index (χ2n) is 32.4. The predicted octanol–water partition coefficient (Wildman–Crippen LogP) is 34.6. The van der Waals surface area contributed by atoms with Gasteiger partial charge in [0.1, 0.15) is 0 Å². The van der Waals surface area contributed by atoms with Gasteiger partial charge in [-0.25, -0.2) is 0 Å². The van der Waals surface area contributed by atoms with Gasteiger partial charge in [0.05, 0.1) is 0 Å². The maximum absolute atomic E-state index is 2.69. The van der Waals surface area contributed by atoms with E-state index in [0.29, 0.717) is 0 Å². The summed E-state index contributed by atoms with van der Waals surface area (Å²) < 4.78 is 0. The predicted molar refractivity (Wildman–Crippen MR) is 455 cm³/mol. The molecule has 0 aliphatic heterocycles. The van der Waals surface area contributed by atoms with E-state index in [1.54, 1.807) is 33.4 Å². The topological polar surface area (TPSA) is 0 Å². The van der Waals surface area contributed by atoms with Crippen LogP contribution in [0.2, 0.25) is 0 Å². The molecule has 0 unspecified atom stereocenters. The van der Waals surface area contributed by atoms with Crippen molar-refractivity contribution in [1.29, 1.82) is 0 Å². The fourth-order valence-corrected chi connectivity index (χ4v) is 18.1. The first-order valence-corrected chi connectivity index (χ1v) is 44.5. The van der Waals surface area contributed by atoms with Crippen molar-refractivity contribution in [2.75, 3.05) is 0 Å². The molecule has 0 fully saturated rings. The molecule has 0 saturated heterocycles. The number of fused-ring (bicyclic) bond motifs is 9. The third-order valence-electron chi connectivity index (χ3n) is 24.1. The summed E-state index contributed by atoms with van der Waals surface area (Å²) in [6.07, 6.45) is 72.8. The van der Waals surface area contributed by atoms with Gasteiger partial charge in [-0.3, -0.25) is 0 Å². The van der Waals surface area contributed by atoms with Crippen molar-refractivity contribution in [3.63, 3.8) is 0 Å².